The van der Waals surface area contributed by atoms with Crippen molar-refractivity contribution in [2.24, 2.45) is 5.92 Å². The second kappa shape index (κ2) is 9.98. The molecule has 0 amide bonds. The van der Waals surface area contributed by atoms with Gasteiger partial charge in [-0.1, -0.05) is 18.5 Å². The molecule has 0 heterocycles. The number of Topliss-reactive ketones (excluding diaryl/α,β-unsaturated/α-hetero) is 2. The van der Waals surface area contributed by atoms with E-state index in [4.69, 9.17) is 21.1 Å². The van der Waals surface area contributed by atoms with E-state index in [0.717, 1.165) is 13.0 Å². The Morgan fingerprint density at radius 2 is 1.92 bits per heavy atom. The van der Waals surface area contributed by atoms with Crippen LogP contribution in [0.5, 0.6) is 0 Å². The molecule has 0 radical (unpaired) electrons. The van der Waals surface area contributed by atoms with Gasteiger partial charge in [-0.05, 0) is 19.1 Å². The predicted octanol–water partition coefficient (Wildman–Crippen LogP) is 2.71. The van der Waals surface area contributed by atoms with E-state index in [2.05, 4.69) is 0 Å². The molecule has 8 nitrogen and oxygen atoms in total. The molecule has 0 saturated heterocycles. The van der Waals surface area contributed by atoms with Crippen LogP contribution in [-0.2, 0) is 23.9 Å². The van der Waals surface area contributed by atoms with Gasteiger partial charge < -0.3 is 9.47 Å². The maximum Gasteiger partial charge on any atom is 0.317 e. The number of methoxy groups -OCH3 is 1. The van der Waals surface area contributed by atoms with Crippen molar-refractivity contribution in [2.45, 2.75) is 26.2 Å². The molecule has 0 aliphatic carbocycles. The quantitative estimate of drug-likeness (QED) is 0.200. The zero-order valence-corrected chi connectivity index (χ0v) is 15.4. The molecular formula is C17H20ClNO7. The molecule has 142 valence electrons. The Morgan fingerprint density at radius 1 is 1.27 bits per heavy atom. The van der Waals surface area contributed by atoms with Gasteiger partial charge in [0.25, 0.3) is 5.69 Å². The number of halogens is 1. The molecule has 0 aliphatic heterocycles. The number of carbonyl (C=O) groups is 3. The summed E-state index contributed by atoms with van der Waals surface area (Å²) < 4.78 is 9.77. The highest BCUT2D eigenvalue weighted by atomic mass is 35.5. The number of hydrogen-bond donors (Lipinski definition) is 0. The number of ketones is 2. The van der Waals surface area contributed by atoms with Gasteiger partial charge in [-0.3, -0.25) is 24.5 Å². The molecule has 26 heavy (non-hydrogen) atoms. The zero-order chi connectivity index (χ0) is 19.9. The topological polar surface area (TPSA) is 113 Å². The lowest BCUT2D eigenvalue weighted by Gasteiger charge is -2.23. The van der Waals surface area contributed by atoms with Crippen molar-refractivity contribution in [1.29, 1.82) is 0 Å². The SMILES string of the molecule is CCC(=O)C(c1cc(Cl)ccc1[N+](=O)[O-])C(C(C)=O)C(=O)OCCOC. The van der Waals surface area contributed by atoms with Crippen LogP contribution in [0.2, 0.25) is 5.02 Å². The normalized spacial score (nSPS) is 12.9. The number of nitro groups is 1. The third kappa shape index (κ3) is 5.34. The average molecular weight is 386 g/mol. The number of benzene rings is 1. The van der Waals surface area contributed by atoms with Crippen LogP contribution in [0.15, 0.2) is 18.2 Å². The van der Waals surface area contributed by atoms with E-state index in [-0.39, 0.29) is 30.2 Å². The van der Waals surface area contributed by atoms with E-state index < -0.39 is 40.0 Å². The summed E-state index contributed by atoms with van der Waals surface area (Å²) in [5, 5.41) is 11.5. The van der Waals surface area contributed by atoms with Gasteiger partial charge in [-0.2, -0.15) is 0 Å². The zero-order valence-electron chi connectivity index (χ0n) is 14.7. The van der Waals surface area contributed by atoms with E-state index in [0.29, 0.717) is 0 Å². The standard InChI is InChI=1S/C17H20ClNO7/c1-4-14(21)16(12-9-11(18)5-6-13(12)19(23)24)15(10(2)20)17(22)26-8-7-25-3/h5-6,9,15-16H,4,7-8H2,1-3H3. The molecule has 2 unspecified atom stereocenters. The maximum atomic E-state index is 12.5. The van der Waals surface area contributed by atoms with E-state index in [1.165, 1.54) is 19.2 Å². The summed E-state index contributed by atoms with van der Waals surface area (Å²) in [5.74, 6) is -4.92. The minimum Gasteiger partial charge on any atom is -0.463 e. The Bertz CT molecular complexity index is 704. The highest BCUT2D eigenvalue weighted by Gasteiger charge is 2.41. The number of rotatable bonds is 10. The summed E-state index contributed by atoms with van der Waals surface area (Å²) in [6, 6.07) is 3.67. The molecule has 1 rings (SSSR count). The van der Waals surface area contributed by atoms with Gasteiger partial charge in [0.15, 0.2) is 0 Å². The Hall–Kier alpha value is -2.32. The van der Waals surface area contributed by atoms with E-state index in [9.17, 15) is 24.5 Å². The Kier molecular flexibility index (Phi) is 8.34. The smallest absolute Gasteiger partial charge is 0.317 e. The summed E-state index contributed by atoms with van der Waals surface area (Å²) in [4.78, 5) is 47.7. The van der Waals surface area contributed by atoms with Crippen LogP contribution < -0.4 is 0 Å². The van der Waals surface area contributed by atoms with E-state index in [1.54, 1.807) is 6.92 Å². The molecule has 0 saturated carbocycles. The van der Waals surface area contributed by atoms with Gasteiger partial charge in [0.1, 0.15) is 24.1 Å². The summed E-state index contributed by atoms with van der Waals surface area (Å²) >= 11 is 5.93. The number of esters is 1. The fourth-order valence-electron chi connectivity index (χ4n) is 2.55. The first-order chi connectivity index (χ1) is 12.2. The molecule has 0 N–H and O–H groups in total. The monoisotopic (exact) mass is 385 g/mol. The van der Waals surface area contributed by atoms with Crippen LogP contribution in [0.25, 0.3) is 0 Å². The minimum atomic E-state index is -1.50. The second-order valence-electron chi connectivity index (χ2n) is 5.51. The number of hydrogen-bond acceptors (Lipinski definition) is 7. The van der Waals surface area contributed by atoms with Gasteiger partial charge in [-0.15, -0.1) is 0 Å². The highest BCUT2D eigenvalue weighted by Crippen LogP contribution is 2.36. The predicted molar refractivity (Wildman–Crippen MR) is 93.2 cm³/mol. The first-order valence-corrected chi connectivity index (χ1v) is 8.24. The van der Waals surface area contributed by atoms with Crippen molar-refractivity contribution in [3.63, 3.8) is 0 Å². The lowest BCUT2D eigenvalue weighted by Crippen LogP contribution is -2.35. The maximum absolute atomic E-state index is 12.5. The number of nitrogens with zero attached hydrogens (tertiary/aromatic N) is 1. The van der Waals surface area contributed by atoms with Gasteiger partial charge in [0, 0.05) is 30.2 Å². The largest absolute Gasteiger partial charge is 0.463 e. The molecule has 0 bridgehead atoms. The molecule has 1 aromatic rings. The fraction of sp³-hybridized carbons (Fsp3) is 0.471. The number of ether oxygens (including phenoxy) is 2. The summed E-state index contributed by atoms with van der Waals surface area (Å²) in [5.41, 5.74) is -0.476. The van der Waals surface area contributed by atoms with Crippen molar-refractivity contribution in [3.05, 3.63) is 38.9 Å². The van der Waals surface area contributed by atoms with Crippen LogP contribution in [-0.4, -0.2) is 42.8 Å². The Labute approximate surface area is 155 Å². The van der Waals surface area contributed by atoms with Crippen molar-refractivity contribution in [1.82, 2.24) is 0 Å². The molecular weight excluding hydrogens is 366 g/mol. The minimum absolute atomic E-state index is 0.0243. The van der Waals surface area contributed by atoms with Gasteiger partial charge >= 0.3 is 5.97 Å². The molecule has 1 aromatic carbocycles. The summed E-state index contributed by atoms with van der Waals surface area (Å²) in [6.45, 7) is 2.68. The Balaban J connectivity index is 3.46. The summed E-state index contributed by atoms with van der Waals surface area (Å²) in [6.07, 6.45) is -0.0243. The fourth-order valence-corrected chi connectivity index (χ4v) is 2.73. The van der Waals surface area contributed by atoms with Crippen molar-refractivity contribution >= 4 is 34.8 Å². The first kappa shape index (κ1) is 21.7. The van der Waals surface area contributed by atoms with Gasteiger partial charge in [-0.25, -0.2) is 0 Å². The third-order valence-corrected chi connectivity index (χ3v) is 4.01. The molecule has 2 atom stereocenters. The number of carbonyl (C=O) groups excluding carboxylic acids is 3. The van der Waals surface area contributed by atoms with Gasteiger partial charge in [0.2, 0.25) is 0 Å². The molecule has 0 fully saturated rings. The molecule has 9 heteroatoms. The van der Waals surface area contributed by atoms with Crippen LogP contribution in [0.4, 0.5) is 5.69 Å². The third-order valence-electron chi connectivity index (χ3n) is 3.77. The molecule has 0 aliphatic rings. The van der Waals surface area contributed by atoms with Crippen LogP contribution in [0.1, 0.15) is 31.7 Å². The summed E-state index contributed by atoms with van der Waals surface area (Å²) in [7, 11) is 1.41. The Morgan fingerprint density at radius 3 is 2.42 bits per heavy atom. The van der Waals surface area contributed by atoms with Crippen molar-refractivity contribution in [2.75, 3.05) is 20.3 Å². The van der Waals surface area contributed by atoms with E-state index in [1.807, 2.05) is 0 Å². The lowest BCUT2D eigenvalue weighted by atomic mass is 9.79. The van der Waals surface area contributed by atoms with Crippen LogP contribution >= 0.6 is 11.6 Å². The average Bonchev–Trinajstić information content (AvgIpc) is 2.58. The lowest BCUT2D eigenvalue weighted by molar-refractivity contribution is -0.385. The van der Waals surface area contributed by atoms with E-state index >= 15 is 0 Å². The molecule has 0 spiro atoms. The number of nitro benzene ring substituents is 1. The van der Waals surface area contributed by atoms with Crippen LogP contribution in [0, 0.1) is 16.0 Å². The molecule has 0 aromatic heterocycles. The second-order valence-corrected chi connectivity index (χ2v) is 5.94. The van der Waals surface area contributed by atoms with Crippen molar-refractivity contribution in [3.8, 4) is 0 Å². The van der Waals surface area contributed by atoms with Crippen molar-refractivity contribution < 1.29 is 28.8 Å². The van der Waals surface area contributed by atoms with Crippen LogP contribution in [0.3, 0.4) is 0 Å². The highest BCUT2D eigenvalue weighted by molar-refractivity contribution is 6.30. The first-order valence-electron chi connectivity index (χ1n) is 7.87. The van der Waals surface area contributed by atoms with Gasteiger partial charge in [0.05, 0.1) is 17.4 Å².